The van der Waals surface area contributed by atoms with Gasteiger partial charge in [0.1, 0.15) is 17.0 Å². The number of rotatable bonds is 8. The van der Waals surface area contributed by atoms with Gasteiger partial charge in [-0.2, -0.15) is 0 Å². The van der Waals surface area contributed by atoms with Crippen molar-refractivity contribution in [3.05, 3.63) is 65.6 Å². The average molecular weight is 465 g/mol. The molecule has 1 aromatic heterocycles. The van der Waals surface area contributed by atoms with Crippen molar-refractivity contribution >= 4 is 40.1 Å². The zero-order valence-electron chi connectivity index (χ0n) is 18.6. The van der Waals surface area contributed by atoms with Crippen LogP contribution < -0.4 is 15.4 Å². The molecule has 0 fully saturated rings. The number of methoxy groups -OCH3 is 2. The quantitative estimate of drug-likeness (QED) is 0.432. The zero-order chi connectivity index (χ0) is 24.2. The number of aliphatic hydroxyl groups excluding tert-OH is 1. The van der Waals surface area contributed by atoms with Crippen LogP contribution in [0.3, 0.4) is 0 Å². The summed E-state index contributed by atoms with van der Waals surface area (Å²) in [6, 6.07) is 13.8. The van der Waals surface area contributed by atoms with Gasteiger partial charge in [0, 0.05) is 23.7 Å². The van der Waals surface area contributed by atoms with E-state index in [9.17, 15) is 19.5 Å². The van der Waals surface area contributed by atoms with Crippen molar-refractivity contribution in [2.75, 3.05) is 44.5 Å². The van der Waals surface area contributed by atoms with Crippen LogP contribution in [0.1, 0.15) is 10.6 Å². The number of esters is 1. The highest BCUT2D eigenvalue weighted by Crippen LogP contribution is 2.31. The number of ether oxygens (including phenoxy) is 2. The molecule has 0 saturated carbocycles. The number of benzene rings is 2. The molecule has 0 spiro atoms. The minimum absolute atomic E-state index is 0.0250. The first-order valence-corrected chi connectivity index (χ1v) is 10.4. The molecule has 2 aromatic carbocycles. The molecule has 3 aromatic rings. The topological polar surface area (TPSA) is 130 Å². The van der Waals surface area contributed by atoms with E-state index in [0.29, 0.717) is 22.7 Å². The monoisotopic (exact) mass is 465 g/mol. The van der Waals surface area contributed by atoms with Gasteiger partial charge in [0.2, 0.25) is 0 Å². The lowest BCUT2D eigenvalue weighted by atomic mass is 10.2. The van der Waals surface area contributed by atoms with Crippen molar-refractivity contribution in [1.82, 2.24) is 4.90 Å². The van der Waals surface area contributed by atoms with E-state index < -0.39 is 17.8 Å². The Bertz CT molecular complexity index is 1260. The fraction of sp³-hybridized carbons (Fsp3) is 0.208. The highest BCUT2D eigenvalue weighted by Gasteiger charge is 2.34. The normalized spacial score (nSPS) is 13.4. The third-order valence-electron chi connectivity index (χ3n) is 5.32. The van der Waals surface area contributed by atoms with Gasteiger partial charge in [0.25, 0.3) is 11.8 Å². The summed E-state index contributed by atoms with van der Waals surface area (Å²) >= 11 is 0. The number of nitrogens with one attached hydrogen (secondary N) is 2. The minimum Gasteiger partial charge on any atom is -0.494 e. The molecule has 0 aliphatic carbocycles. The number of nitrogens with zero attached hydrogens (tertiary/aromatic N) is 1. The van der Waals surface area contributed by atoms with Crippen LogP contribution in [0, 0.1) is 0 Å². The molecule has 3 N–H and O–H groups in total. The Kier molecular flexibility index (Phi) is 6.51. The molecule has 0 radical (unpaired) electrons. The van der Waals surface area contributed by atoms with E-state index in [-0.39, 0.29) is 36.7 Å². The predicted octanol–water partition coefficient (Wildman–Crippen LogP) is 2.37. The molecule has 10 nitrogen and oxygen atoms in total. The maximum atomic E-state index is 12.7. The fourth-order valence-corrected chi connectivity index (χ4v) is 3.64. The summed E-state index contributed by atoms with van der Waals surface area (Å²) in [4.78, 5) is 38.9. The van der Waals surface area contributed by atoms with Crippen molar-refractivity contribution in [2.45, 2.75) is 0 Å². The Labute approximate surface area is 194 Å². The molecule has 1 aliphatic rings. The third-order valence-corrected chi connectivity index (χ3v) is 5.32. The van der Waals surface area contributed by atoms with Crippen LogP contribution >= 0.6 is 0 Å². The highest BCUT2D eigenvalue weighted by molar-refractivity contribution is 6.09. The number of hydrogen-bond donors (Lipinski definition) is 3. The summed E-state index contributed by atoms with van der Waals surface area (Å²) in [5.74, 6) is -1.05. The van der Waals surface area contributed by atoms with Gasteiger partial charge in [-0.05, 0) is 24.3 Å². The molecule has 34 heavy (non-hydrogen) atoms. The number of aliphatic hydroxyl groups is 1. The SMILES string of the molecule is COC(=O)C1=C(Nc2ccc(NC(=O)c3cc4ccccc4o3)c(OC)c2)C(=O)N(CCO)C1. The van der Waals surface area contributed by atoms with E-state index in [0.717, 1.165) is 5.39 Å². The largest absolute Gasteiger partial charge is 0.494 e. The first-order valence-electron chi connectivity index (χ1n) is 10.4. The van der Waals surface area contributed by atoms with Gasteiger partial charge in [-0.25, -0.2) is 4.79 Å². The maximum Gasteiger partial charge on any atom is 0.337 e. The molecule has 0 atom stereocenters. The Morgan fingerprint density at radius 1 is 1.15 bits per heavy atom. The van der Waals surface area contributed by atoms with Crippen molar-refractivity contribution in [2.24, 2.45) is 0 Å². The third kappa shape index (κ3) is 4.44. The second-order valence-electron chi connectivity index (χ2n) is 7.44. The Morgan fingerprint density at radius 2 is 1.94 bits per heavy atom. The van der Waals surface area contributed by atoms with Gasteiger partial charge < -0.3 is 34.5 Å². The molecule has 0 saturated heterocycles. The first kappa shape index (κ1) is 22.9. The lowest BCUT2D eigenvalue weighted by Gasteiger charge is -2.16. The number of hydrogen-bond acceptors (Lipinski definition) is 8. The van der Waals surface area contributed by atoms with Crippen molar-refractivity contribution in [1.29, 1.82) is 0 Å². The fourth-order valence-electron chi connectivity index (χ4n) is 3.64. The number of furan rings is 1. The lowest BCUT2D eigenvalue weighted by Crippen LogP contribution is -2.31. The zero-order valence-corrected chi connectivity index (χ0v) is 18.6. The van der Waals surface area contributed by atoms with E-state index in [2.05, 4.69) is 10.6 Å². The molecular weight excluding hydrogens is 442 g/mol. The molecule has 1 aliphatic heterocycles. The minimum atomic E-state index is -0.641. The molecule has 0 bridgehead atoms. The van der Waals surface area contributed by atoms with Crippen LogP contribution in [0.15, 0.2) is 64.2 Å². The smallest absolute Gasteiger partial charge is 0.337 e. The van der Waals surface area contributed by atoms with Crippen molar-refractivity contribution in [3.63, 3.8) is 0 Å². The van der Waals surface area contributed by atoms with Gasteiger partial charge in [-0.3, -0.25) is 9.59 Å². The Balaban J connectivity index is 1.56. The molecule has 176 valence electrons. The number of anilines is 2. The van der Waals surface area contributed by atoms with E-state index in [1.54, 1.807) is 30.3 Å². The van der Waals surface area contributed by atoms with Gasteiger partial charge in [0.05, 0.1) is 38.6 Å². The second-order valence-corrected chi connectivity index (χ2v) is 7.44. The van der Waals surface area contributed by atoms with Gasteiger partial charge in [-0.1, -0.05) is 18.2 Å². The number of fused-ring (bicyclic) bond motifs is 1. The maximum absolute atomic E-state index is 12.7. The summed E-state index contributed by atoms with van der Waals surface area (Å²) < 4.78 is 15.8. The van der Waals surface area contributed by atoms with E-state index in [4.69, 9.17) is 13.9 Å². The van der Waals surface area contributed by atoms with Crippen LogP contribution in [-0.2, 0) is 14.3 Å². The summed E-state index contributed by atoms with van der Waals surface area (Å²) in [5, 5.41) is 15.7. The lowest BCUT2D eigenvalue weighted by molar-refractivity contribution is -0.136. The summed E-state index contributed by atoms with van der Waals surface area (Å²) in [6.45, 7) is -0.126. The molecule has 0 unspecified atom stereocenters. The number of amides is 2. The second kappa shape index (κ2) is 9.67. The molecule has 4 rings (SSSR count). The summed E-state index contributed by atoms with van der Waals surface area (Å²) in [5.41, 5.74) is 1.66. The van der Waals surface area contributed by atoms with E-state index >= 15 is 0 Å². The molecule has 10 heteroatoms. The van der Waals surface area contributed by atoms with Crippen molar-refractivity contribution in [3.8, 4) is 5.75 Å². The molecule has 2 heterocycles. The number of carbonyl (C=O) groups excluding carboxylic acids is 3. The van der Waals surface area contributed by atoms with E-state index in [1.807, 2.05) is 18.2 Å². The summed E-state index contributed by atoms with van der Waals surface area (Å²) in [7, 11) is 2.67. The molecular formula is C24H23N3O7. The van der Waals surface area contributed by atoms with Crippen LogP contribution in [0.25, 0.3) is 11.0 Å². The molecule has 2 amide bonds. The van der Waals surface area contributed by atoms with Crippen LogP contribution in [0.5, 0.6) is 5.75 Å². The van der Waals surface area contributed by atoms with Gasteiger partial charge in [0.15, 0.2) is 5.76 Å². The van der Waals surface area contributed by atoms with Gasteiger partial charge >= 0.3 is 5.97 Å². The highest BCUT2D eigenvalue weighted by atomic mass is 16.5. The first-order chi connectivity index (χ1) is 16.4. The van der Waals surface area contributed by atoms with Crippen LogP contribution in [-0.4, -0.2) is 61.7 Å². The van der Waals surface area contributed by atoms with Crippen LogP contribution in [0.4, 0.5) is 11.4 Å². The number of carbonyl (C=O) groups is 3. The summed E-state index contributed by atoms with van der Waals surface area (Å²) in [6.07, 6.45) is 0. The van der Waals surface area contributed by atoms with E-state index in [1.165, 1.54) is 19.1 Å². The van der Waals surface area contributed by atoms with Crippen molar-refractivity contribution < 1.29 is 33.4 Å². The standard InChI is InChI=1S/C24H23N3O7/c1-32-19-12-15(25-21-16(24(31)33-2)13-27(9-10-28)23(21)30)7-8-17(19)26-22(29)20-11-14-5-3-4-6-18(14)34-20/h3-8,11-12,25,28H,9-10,13H2,1-2H3,(H,26,29). The Hall–Kier alpha value is -4.31. The number of para-hydroxylation sites is 1. The number of β-amino-alcohol motifs (C(OH)–C–C–N with tert-alkyl or cyclic N) is 1. The van der Waals surface area contributed by atoms with Gasteiger partial charge in [-0.15, -0.1) is 0 Å². The van der Waals surface area contributed by atoms with Crippen LogP contribution in [0.2, 0.25) is 0 Å². The Morgan fingerprint density at radius 3 is 2.65 bits per heavy atom. The average Bonchev–Trinajstić information content (AvgIpc) is 3.42. The predicted molar refractivity (Wildman–Crippen MR) is 123 cm³/mol.